The van der Waals surface area contributed by atoms with E-state index in [4.69, 9.17) is 10.5 Å². The van der Waals surface area contributed by atoms with Crippen molar-refractivity contribution in [2.24, 2.45) is 23.0 Å². The van der Waals surface area contributed by atoms with E-state index >= 15 is 0 Å². The van der Waals surface area contributed by atoms with Crippen LogP contribution in [0.1, 0.15) is 46.0 Å². The van der Waals surface area contributed by atoms with E-state index < -0.39 is 5.54 Å². The van der Waals surface area contributed by atoms with Gasteiger partial charge in [0.15, 0.2) is 0 Å². The molecule has 3 fully saturated rings. The van der Waals surface area contributed by atoms with E-state index in [0.29, 0.717) is 19.1 Å². The van der Waals surface area contributed by atoms with Crippen LogP contribution in [0.5, 0.6) is 0 Å². The Morgan fingerprint density at radius 3 is 2.86 bits per heavy atom. The van der Waals surface area contributed by atoms with Crippen LogP contribution in [0.4, 0.5) is 0 Å². The molecule has 0 aromatic rings. The first-order valence-electron chi connectivity index (χ1n) is 8.24. The number of amides is 1. The summed E-state index contributed by atoms with van der Waals surface area (Å²) in [4.78, 5) is 12.7. The number of rotatable bonds is 3. The van der Waals surface area contributed by atoms with Gasteiger partial charge in [0.25, 0.3) is 0 Å². The van der Waals surface area contributed by atoms with E-state index in [-0.39, 0.29) is 29.4 Å². The molecule has 0 aromatic carbocycles. The molecule has 21 heavy (non-hydrogen) atoms. The van der Waals surface area contributed by atoms with Gasteiger partial charge < -0.3 is 20.9 Å². The molecule has 0 aromatic heterocycles. The molecule has 120 valence electrons. The van der Waals surface area contributed by atoms with Crippen LogP contribution in [-0.2, 0) is 9.53 Å². The van der Waals surface area contributed by atoms with Crippen molar-refractivity contribution in [3.05, 3.63) is 0 Å². The molecule has 0 spiro atoms. The molecular formula is C16H28N2O3. The molecule has 0 radical (unpaired) electrons. The zero-order valence-corrected chi connectivity index (χ0v) is 13.1. The molecule has 4 N–H and O–H groups in total. The third-order valence-corrected chi connectivity index (χ3v) is 6.14. The van der Waals surface area contributed by atoms with E-state index in [0.717, 1.165) is 32.1 Å². The zero-order chi connectivity index (χ0) is 15.3. The molecule has 3 rings (SSSR count). The normalized spacial score (nSPS) is 44.8. The fourth-order valence-electron chi connectivity index (χ4n) is 4.68. The lowest BCUT2D eigenvalue weighted by molar-refractivity contribution is -0.175. The number of nitrogens with one attached hydrogen (secondary N) is 1. The lowest BCUT2D eigenvalue weighted by Crippen LogP contribution is -2.80. The largest absolute Gasteiger partial charge is 0.393 e. The summed E-state index contributed by atoms with van der Waals surface area (Å²) >= 11 is 0. The Labute approximate surface area is 126 Å². The highest BCUT2D eigenvalue weighted by Gasteiger charge is 2.71. The number of aliphatic hydroxyl groups excluding tert-OH is 1. The maximum atomic E-state index is 12.7. The Kier molecular flexibility index (Phi) is 3.79. The van der Waals surface area contributed by atoms with E-state index in [2.05, 4.69) is 5.32 Å². The monoisotopic (exact) mass is 296 g/mol. The van der Waals surface area contributed by atoms with E-state index in [1.54, 1.807) is 0 Å². The minimum Gasteiger partial charge on any atom is -0.393 e. The van der Waals surface area contributed by atoms with Gasteiger partial charge in [0.1, 0.15) is 5.54 Å². The number of hydrogen-bond donors (Lipinski definition) is 3. The maximum absolute atomic E-state index is 12.7. The highest BCUT2D eigenvalue weighted by Crippen LogP contribution is 2.58. The molecule has 1 amide bonds. The molecule has 5 unspecified atom stereocenters. The second-order valence-electron chi connectivity index (χ2n) is 7.67. The quantitative estimate of drug-likeness (QED) is 0.719. The van der Waals surface area contributed by atoms with Crippen molar-refractivity contribution in [1.82, 2.24) is 5.32 Å². The first-order valence-corrected chi connectivity index (χ1v) is 8.24. The van der Waals surface area contributed by atoms with Crippen LogP contribution in [0, 0.1) is 17.3 Å². The summed E-state index contributed by atoms with van der Waals surface area (Å²) in [5.74, 6) is 0.476. The molecule has 0 bridgehead atoms. The van der Waals surface area contributed by atoms with Crippen molar-refractivity contribution in [3.8, 4) is 0 Å². The summed E-state index contributed by atoms with van der Waals surface area (Å²) in [5, 5.41) is 12.8. The third-order valence-electron chi connectivity index (χ3n) is 6.14. The van der Waals surface area contributed by atoms with Crippen molar-refractivity contribution in [2.75, 3.05) is 13.2 Å². The molecular weight excluding hydrogens is 268 g/mol. The fourth-order valence-corrected chi connectivity index (χ4v) is 4.68. The number of fused-ring (bicyclic) bond motifs is 1. The molecule has 1 aliphatic heterocycles. The van der Waals surface area contributed by atoms with Gasteiger partial charge in [0.2, 0.25) is 5.91 Å². The van der Waals surface area contributed by atoms with Crippen molar-refractivity contribution < 1.29 is 14.6 Å². The Bertz CT molecular complexity index is 426. The molecule has 1 heterocycles. The topological polar surface area (TPSA) is 84.6 Å². The van der Waals surface area contributed by atoms with Crippen molar-refractivity contribution in [3.63, 3.8) is 0 Å². The van der Waals surface area contributed by atoms with Gasteiger partial charge in [-0.1, -0.05) is 20.3 Å². The Balaban J connectivity index is 1.60. The minimum atomic E-state index is -0.818. The Morgan fingerprint density at radius 1 is 1.38 bits per heavy atom. The highest BCUT2D eigenvalue weighted by molar-refractivity contribution is 5.89. The second-order valence-corrected chi connectivity index (χ2v) is 7.67. The van der Waals surface area contributed by atoms with Gasteiger partial charge in [-0.05, 0) is 31.6 Å². The van der Waals surface area contributed by atoms with Gasteiger partial charge in [0, 0.05) is 24.5 Å². The van der Waals surface area contributed by atoms with Crippen molar-refractivity contribution in [1.29, 1.82) is 0 Å². The zero-order valence-electron chi connectivity index (χ0n) is 13.1. The van der Waals surface area contributed by atoms with Gasteiger partial charge in [-0.3, -0.25) is 4.79 Å². The first-order chi connectivity index (χ1) is 9.87. The molecule has 5 atom stereocenters. The number of hydrogen-bond acceptors (Lipinski definition) is 4. The van der Waals surface area contributed by atoms with Crippen LogP contribution in [0.3, 0.4) is 0 Å². The molecule has 5 heteroatoms. The van der Waals surface area contributed by atoms with Gasteiger partial charge in [0.05, 0.1) is 12.2 Å². The Hall–Kier alpha value is -0.650. The minimum absolute atomic E-state index is 0.0423. The predicted molar refractivity (Wildman–Crippen MR) is 79.5 cm³/mol. The van der Waals surface area contributed by atoms with Crippen LogP contribution in [0.25, 0.3) is 0 Å². The average Bonchev–Trinajstić information content (AvgIpc) is 2.92. The summed E-state index contributed by atoms with van der Waals surface area (Å²) in [6.07, 6.45) is 4.58. The van der Waals surface area contributed by atoms with E-state index in [9.17, 15) is 9.90 Å². The summed E-state index contributed by atoms with van der Waals surface area (Å²) in [7, 11) is 0. The second kappa shape index (κ2) is 5.21. The standard InChI is InChI=1S/C16H28N2O3/c1-15(2)13-12(6-7-21-13)16(15,17)14(20)18-9-10-4-3-5-11(19)8-10/h10-13,19H,3-9,17H2,1-2H3,(H,18,20). The number of carbonyl (C=O) groups is 1. The summed E-state index contributed by atoms with van der Waals surface area (Å²) in [6.45, 7) is 5.40. The smallest absolute Gasteiger partial charge is 0.241 e. The van der Waals surface area contributed by atoms with Gasteiger partial charge in [-0.15, -0.1) is 0 Å². The van der Waals surface area contributed by atoms with Crippen molar-refractivity contribution >= 4 is 5.91 Å². The molecule has 3 aliphatic rings. The SMILES string of the molecule is CC1(C)C2OCCC2C1(N)C(=O)NCC1CCCC(O)C1. The lowest BCUT2D eigenvalue weighted by Gasteiger charge is -2.60. The molecule has 2 saturated carbocycles. The summed E-state index contributed by atoms with van der Waals surface area (Å²) in [5.41, 5.74) is 5.38. The van der Waals surface area contributed by atoms with Crippen LogP contribution in [0.2, 0.25) is 0 Å². The van der Waals surface area contributed by atoms with E-state index in [1.807, 2.05) is 13.8 Å². The van der Waals surface area contributed by atoms with Gasteiger partial charge >= 0.3 is 0 Å². The number of nitrogens with two attached hydrogens (primary N) is 1. The average molecular weight is 296 g/mol. The summed E-state index contributed by atoms with van der Waals surface area (Å²) in [6, 6.07) is 0. The number of carbonyl (C=O) groups excluding carboxylic acids is 1. The van der Waals surface area contributed by atoms with E-state index in [1.165, 1.54) is 0 Å². The number of ether oxygens (including phenoxy) is 1. The molecule has 1 saturated heterocycles. The highest BCUT2D eigenvalue weighted by atomic mass is 16.5. The first kappa shape index (κ1) is 15.3. The summed E-state index contributed by atoms with van der Waals surface area (Å²) < 4.78 is 5.73. The van der Waals surface area contributed by atoms with Crippen LogP contribution < -0.4 is 11.1 Å². The molecule has 5 nitrogen and oxygen atoms in total. The Morgan fingerprint density at radius 2 is 2.14 bits per heavy atom. The van der Waals surface area contributed by atoms with Gasteiger partial charge in [-0.2, -0.15) is 0 Å². The van der Waals surface area contributed by atoms with Crippen molar-refractivity contribution in [2.45, 2.75) is 63.7 Å². The van der Waals surface area contributed by atoms with Crippen LogP contribution in [-0.4, -0.2) is 41.9 Å². The maximum Gasteiger partial charge on any atom is 0.241 e. The lowest BCUT2D eigenvalue weighted by atomic mass is 9.48. The van der Waals surface area contributed by atoms with Crippen LogP contribution >= 0.6 is 0 Å². The molecule has 2 aliphatic carbocycles. The van der Waals surface area contributed by atoms with Gasteiger partial charge in [-0.25, -0.2) is 0 Å². The number of aliphatic hydroxyl groups is 1. The predicted octanol–water partition coefficient (Wildman–Crippen LogP) is 0.796. The third kappa shape index (κ3) is 2.21. The van der Waals surface area contributed by atoms with Crippen LogP contribution in [0.15, 0.2) is 0 Å². The fraction of sp³-hybridized carbons (Fsp3) is 0.938.